The first-order valence-electron chi connectivity index (χ1n) is 13.0. The van der Waals surface area contributed by atoms with E-state index >= 15 is 0 Å². The molecule has 1 N–H and O–H groups in total. The quantitative estimate of drug-likeness (QED) is 0.437. The van der Waals surface area contributed by atoms with Crippen LogP contribution in [0.5, 0.6) is 11.5 Å². The molecule has 0 spiro atoms. The minimum Gasteiger partial charge on any atom is -0.486 e. The third kappa shape index (κ3) is 7.86. The molecule has 10 heteroatoms. The smallest absolute Gasteiger partial charge is 0.243 e. The van der Waals surface area contributed by atoms with Crippen molar-refractivity contribution in [3.8, 4) is 11.5 Å². The van der Waals surface area contributed by atoms with E-state index in [1.54, 1.807) is 23.1 Å². The highest BCUT2D eigenvalue weighted by Gasteiger charge is 2.29. The molecule has 1 heterocycles. The van der Waals surface area contributed by atoms with E-state index < -0.39 is 16.1 Å². The second-order valence-corrected chi connectivity index (χ2v) is 11.8. The van der Waals surface area contributed by atoms with Gasteiger partial charge in [0.05, 0.1) is 11.9 Å². The predicted molar refractivity (Wildman–Crippen MR) is 148 cm³/mol. The molecule has 0 radical (unpaired) electrons. The average Bonchev–Trinajstić information content (AvgIpc) is 2.85. The van der Waals surface area contributed by atoms with E-state index in [0.29, 0.717) is 43.4 Å². The Bertz CT molecular complexity index is 1230. The zero-order valence-electron chi connectivity index (χ0n) is 22.9. The van der Waals surface area contributed by atoms with Gasteiger partial charge in [0.2, 0.25) is 21.8 Å². The summed E-state index contributed by atoms with van der Waals surface area (Å²) >= 11 is 0. The van der Waals surface area contributed by atoms with Gasteiger partial charge >= 0.3 is 0 Å². The van der Waals surface area contributed by atoms with Gasteiger partial charge in [0.15, 0.2) is 11.5 Å². The molecule has 0 aromatic heterocycles. The molecule has 1 aliphatic heterocycles. The number of carbonyl (C=O) groups is 2. The molecule has 1 unspecified atom stereocenters. The van der Waals surface area contributed by atoms with Crippen molar-refractivity contribution in [1.82, 2.24) is 10.2 Å². The first kappa shape index (κ1) is 29.3. The van der Waals surface area contributed by atoms with E-state index in [9.17, 15) is 18.0 Å². The van der Waals surface area contributed by atoms with Gasteiger partial charge in [-0.1, -0.05) is 36.8 Å². The second kappa shape index (κ2) is 13.0. The van der Waals surface area contributed by atoms with Crippen LogP contribution < -0.4 is 19.1 Å². The van der Waals surface area contributed by atoms with E-state index in [1.165, 1.54) is 4.31 Å². The Balaban J connectivity index is 1.77. The topological polar surface area (TPSA) is 105 Å². The Kier molecular flexibility index (Phi) is 10.0. The van der Waals surface area contributed by atoms with Crippen LogP contribution in [0.2, 0.25) is 0 Å². The monoisotopic (exact) mass is 545 g/mol. The molecule has 0 aliphatic carbocycles. The number of nitrogens with one attached hydrogen (secondary N) is 1. The first-order valence-corrected chi connectivity index (χ1v) is 14.9. The van der Waals surface area contributed by atoms with Crippen molar-refractivity contribution in [2.24, 2.45) is 0 Å². The lowest BCUT2D eigenvalue weighted by molar-refractivity contribution is -0.141. The van der Waals surface area contributed by atoms with E-state index in [4.69, 9.17) is 9.47 Å². The van der Waals surface area contributed by atoms with E-state index in [-0.39, 0.29) is 37.2 Å². The van der Waals surface area contributed by atoms with Crippen LogP contribution in [0.4, 0.5) is 5.69 Å². The van der Waals surface area contributed by atoms with Crippen molar-refractivity contribution in [3.05, 3.63) is 53.6 Å². The molecule has 3 rings (SSSR count). The van der Waals surface area contributed by atoms with E-state index in [0.717, 1.165) is 17.4 Å². The molecule has 2 aromatic carbocycles. The number of anilines is 1. The molecule has 0 saturated carbocycles. The van der Waals surface area contributed by atoms with E-state index in [1.807, 2.05) is 52.0 Å². The number of amides is 2. The van der Waals surface area contributed by atoms with Crippen molar-refractivity contribution in [2.75, 3.05) is 30.3 Å². The van der Waals surface area contributed by atoms with Crippen LogP contribution in [-0.2, 0) is 26.2 Å². The fourth-order valence-electron chi connectivity index (χ4n) is 4.50. The standard InChI is InChI=1S/C28H39N3O6S/c1-6-24(28(33)29-20(2)3)30(19-22-10-7-9-21(4)17-22)27(32)11-8-14-31(38(5,34)35)23-12-13-25-26(18-23)37-16-15-36-25/h7,9-10,12-13,17-18,20,24H,6,8,11,14-16,19H2,1-5H3,(H,29,33). The van der Waals surface area contributed by atoms with Crippen molar-refractivity contribution in [3.63, 3.8) is 0 Å². The molecular formula is C28H39N3O6S. The van der Waals surface area contributed by atoms with Gasteiger partial charge in [-0.3, -0.25) is 13.9 Å². The third-order valence-electron chi connectivity index (χ3n) is 6.22. The molecule has 1 aliphatic rings. The van der Waals surface area contributed by atoms with Gasteiger partial charge in [0.1, 0.15) is 19.3 Å². The van der Waals surface area contributed by atoms with Crippen molar-refractivity contribution >= 4 is 27.5 Å². The number of sulfonamides is 1. The Morgan fingerprint density at radius 2 is 1.76 bits per heavy atom. The zero-order chi connectivity index (χ0) is 27.9. The van der Waals surface area contributed by atoms with Gasteiger partial charge < -0.3 is 19.7 Å². The number of fused-ring (bicyclic) bond motifs is 1. The Morgan fingerprint density at radius 1 is 1.05 bits per heavy atom. The Hall–Kier alpha value is -3.27. The van der Waals surface area contributed by atoms with E-state index in [2.05, 4.69) is 5.32 Å². The Labute approximate surface area is 226 Å². The van der Waals surface area contributed by atoms with Gasteiger partial charge in [0, 0.05) is 31.6 Å². The minimum absolute atomic E-state index is 0.0539. The van der Waals surface area contributed by atoms with Crippen LogP contribution in [0.25, 0.3) is 0 Å². The molecule has 2 aromatic rings. The lowest BCUT2D eigenvalue weighted by Crippen LogP contribution is -2.50. The summed E-state index contributed by atoms with van der Waals surface area (Å²) < 4.78 is 37.7. The second-order valence-electron chi connectivity index (χ2n) is 9.86. The molecule has 0 bridgehead atoms. The van der Waals surface area contributed by atoms with Crippen molar-refractivity contribution in [1.29, 1.82) is 0 Å². The molecule has 1 atom stereocenters. The fraction of sp³-hybridized carbons (Fsp3) is 0.500. The molecule has 2 amide bonds. The summed E-state index contributed by atoms with van der Waals surface area (Å²) in [6.45, 7) is 8.87. The maximum atomic E-state index is 13.5. The van der Waals surface area contributed by atoms with Crippen LogP contribution >= 0.6 is 0 Å². The lowest BCUT2D eigenvalue weighted by atomic mass is 10.1. The summed E-state index contributed by atoms with van der Waals surface area (Å²) in [5.41, 5.74) is 2.45. The highest BCUT2D eigenvalue weighted by molar-refractivity contribution is 7.92. The van der Waals surface area contributed by atoms with Gasteiger partial charge in [-0.2, -0.15) is 0 Å². The van der Waals surface area contributed by atoms with Gasteiger partial charge in [-0.25, -0.2) is 8.42 Å². The summed E-state index contributed by atoms with van der Waals surface area (Å²) in [4.78, 5) is 28.1. The lowest BCUT2D eigenvalue weighted by Gasteiger charge is -2.31. The highest BCUT2D eigenvalue weighted by Crippen LogP contribution is 2.34. The summed E-state index contributed by atoms with van der Waals surface area (Å²) in [7, 11) is -3.62. The average molecular weight is 546 g/mol. The number of rotatable bonds is 12. The predicted octanol–water partition coefficient (Wildman–Crippen LogP) is 3.64. The van der Waals surface area contributed by atoms with Crippen molar-refractivity contribution < 1.29 is 27.5 Å². The summed E-state index contributed by atoms with van der Waals surface area (Å²) in [5.74, 6) is 0.663. The molecule has 38 heavy (non-hydrogen) atoms. The zero-order valence-corrected chi connectivity index (χ0v) is 23.7. The molecule has 0 saturated heterocycles. The van der Waals surface area contributed by atoms with Crippen LogP contribution in [0, 0.1) is 6.92 Å². The summed E-state index contributed by atoms with van der Waals surface area (Å²) in [6.07, 6.45) is 1.97. The number of nitrogens with zero attached hydrogens (tertiary/aromatic N) is 2. The normalized spacial score (nSPS) is 13.6. The number of hydrogen-bond acceptors (Lipinski definition) is 6. The van der Waals surface area contributed by atoms with Gasteiger partial charge in [-0.05, 0) is 51.3 Å². The van der Waals surface area contributed by atoms with Gasteiger partial charge in [0.25, 0.3) is 0 Å². The number of hydrogen-bond donors (Lipinski definition) is 1. The highest BCUT2D eigenvalue weighted by atomic mass is 32.2. The van der Waals surface area contributed by atoms with Crippen LogP contribution in [0.3, 0.4) is 0 Å². The SMILES string of the molecule is CCC(C(=O)NC(C)C)N(Cc1cccc(C)c1)C(=O)CCCN(c1ccc2c(c1)OCCO2)S(C)(=O)=O. The minimum atomic E-state index is -3.62. The molecule has 0 fully saturated rings. The maximum absolute atomic E-state index is 13.5. The Morgan fingerprint density at radius 3 is 2.39 bits per heavy atom. The van der Waals surface area contributed by atoms with Crippen LogP contribution in [0.1, 0.15) is 51.2 Å². The maximum Gasteiger partial charge on any atom is 0.243 e. The summed E-state index contributed by atoms with van der Waals surface area (Å²) in [6, 6.07) is 12.2. The molecule has 9 nitrogen and oxygen atoms in total. The largest absolute Gasteiger partial charge is 0.486 e. The fourth-order valence-corrected chi connectivity index (χ4v) is 5.46. The van der Waals surface area contributed by atoms with Gasteiger partial charge in [-0.15, -0.1) is 0 Å². The third-order valence-corrected chi connectivity index (χ3v) is 7.41. The number of carbonyl (C=O) groups excluding carboxylic acids is 2. The number of aryl methyl sites for hydroxylation is 1. The first-order chi connectivity index (χ1) is 18.0. The number of benzene rings is 2. The molecular weight excluding hydrogens is 506 g/mol. The number of ether oxygens (including phenoxy) is 2. The summed E-state index contributed by atoms with van der Waals surface area (Å²) in [5, 5.41) is 2.92. The van der Waals surface area contributed by atoms with Crippen LogP contribution in [-0.4, -0.2) is 63.2 Å². The molecule has 208 valence electrons. The van der Waals surface area contributed by atoms with Crippen LogP contribution in [0.15, 0.2) is 42.5 Å². The van der Waals surface area contributed by atoms with Crippen molar-refractivity contribution in [2.45, 2.75) is 65.6 Å².